The summed E-state index contributed by atoms with van der Waals surface area (Å²) in [6.07, 6.45) is 2.48. The van der Waals surface area contributed by atoms with Gasteiger partial charge in [0.05, 0.1) is 12.0 Å². The number of carbonyl (C=O) groups excluding carboxylic acids is 2. The van der Waals surface area contributed by atoms with Gasteiger partial charge in [-0.25, -0.2) is 4.39 Å². The Morgan fingerprint density at radius 3 is 2.52 bits per heavy atom. The van der Waals surface area contributed by atoms with E-state index in [9.17, 15) is 19.1 Å². The zero-order chi connectivity index (χ0) is 15.2. The molecule has 3 nitrogen and oxygen atoms in total. The number of halogens is 1. The van der Waals surface area contributed by atoms with Crippen LogP contribution in [0.2, 0.25) is 0 Å². The second-order valence-corrected chi connectivity index (χ2v) is 4.47. The quantitative estimate of drug-likeness (QED) is 0.520. The van der Waals surface area contributed by atoms with Gasteiger partial charge in [-0.15, -0.1) is 0 Å². The Labute approximate surface area is 121 Å². The van der Waals surface area contributed by atoms with Crippen molar-refractivity contribution >= 4 is 17.6 Å². The molecule has 2 aromatic rings. The van der Waals surface area contributed by atoms with E-state index in [2.05, 4.69) is 0 Å². The van der Waals surface area contributed by atoms with Crippen molar-refractivity contribution in [1.82, 2.24) is 0 Å². The molecule has 0 radical (unpaired) electrons. The van der Waals surface area contributed by atoms with Crippen LogP contribution in [0.3, 0.4) is 0 Å². The minimum atomic E-state index is -0.636. The van der Waals surface area contributed by atoms with E-state index >= 15 is 0 Å². The summed E-state index contributed by atoms with van der Waals surface area (Å²) in [5.41, 5.74) is 0.656. The number of phenolic OH excluding ortho intramolecular Hbond substituents is 1. The highest BCUT2D eigenvalue weighted by Crippen LogP contribution is 2.19. The fourth-order valence-corrected chi connectivity index (χ4v) is 1.80. The zero-order valence-corrected chi connectivity index (χ0v) is 11.1. The topological polar surface area (TPSA) is 54.4 Å². The van der Waals surface area contributed by atoms with Crippen LogP contribution in [-0.2, 0) is 4.79 Å². The normalized spacial score (nSPS) is 10.7. The summed E-state index contributed by atoms with van der Waals surface area (Å²) in [4.78, 5) is 23.6. The van der Waals surface area contributed by atoms with Crippen LogP contribution < -0.4 is 0 Å². The van der Waals surface area contributed by atoms with E-state index in [4.69, 9.17) is 0 Å². The van der Waals surface area contributed by atoms with Gasteiger partial charge in [-0.1, -0.05) is 36.4 Å². The van der Waals surface area contributed by atoms with Crippen molar-refractivity contribution in [2.45, 2.75) is 6.42 Å². The molecule has 0 saturated heterocycles. The summed E-state index contributed by atoms with van der Waals surface area (Å²) in [6, 6.07) is 12.2. The fourth-order valence-electron chi connectivity index (χ4n) is 1.80. The van der Waals surface area contributed by atoms with Gasteiger partial charge in [0.25, 0.3) is 0 Å². The lowest BCUT2D eigenvalue weighted by Crippen LogP contribution is -2.06. The molecule has 0 heterocycles. The zero-order valence-electron chi connectivity index (χ0n) is 11.1. The summed E-state index contributed by atoms with van der Waals surface area (Å²) in [7, 11) is 0. The molecule has 0 bridgehead atoms. The van der Waals surface area contributed by atoms with Gasteiger partial charge >= 0.3 is 0 Å². The van der Waals surface area contributed by atoms with E-state index in [1.807, 2.05) is 30.3 Å². The summed E-state index contributed by atoms with van der Waals surface area (Å²) < 4.78 is 13.1. The molecular formula is C17H13FO3. The highest BCUT2D eigenvalue weighted by Gasteiger charge is 2.14. The van der Waals surface area contributed by atoms with Crippen molar-refractivity contribution in [3.05, 3.63) is 71.6 Å². The van der Waals surface area contributed by atoms with Crippen LogP contribution in [0.5, 0.6) is 5.75 Å². The van der Waals surface area contributed by atoms with E-state index in [1.54, 1.807) is 6.08 Å². The van der Waals surface area contributed by atoms with Crippen LogP contribution in [0, 0.1) is 5.82 Å². The lowest BCUT2D eigenvalue weighted by molar-refractivity contribution is -0.113. The second-order valence-electron chi connectivity index (χ2n) is 4.47. The van der Waals surface area contributed by atoms with Gasteiger partial charge in [0.2, 0.25) is 0 Å². The number of carbonyl (C=O) groups is 2. The standard InChI is InChI=1S/C17H13FO3/c18-13-7-9-16(20)15(10-13)17(21)11-14(19)8-6-12-4-2-1-3-5-12/h1-10,20H,11H2/b8-6+. The van der Waals surface area contributed by atoms with Gasteiger partial charge in [0.1, 0.15) is 11.6 Å². The average Bonchev–Trinajstić information content (AvgIpc) is 2.48. The van der Waals surface area contributed by atoms with Crippen molar-refractivity contribution in [3.63, 3.8) is 0 Å². The predicted molar refractivity (Wildman–Crippen MR) is 77.5 cm³/mol. The number of aromatic hydroxyl groups is 1. The molecule has 0 spiro atoms. The van der Waals surface area contributed by atoms with E-state index in [0.29, 0.717) is 0 Å². The molecule has 2 aromatic carbocycles. The molecule has 4 heteroatoms. The van der Waals surface area contributed by atoms with Gasteiger partial charge in [-0.2, -0.15) is 0 Å². The first-order valence-electron chi connectivity index (χ1n) is 6.34. The summed E-state index contributed by atoms with van der Waals surface area (Å²) in [6.45, 7) is 0. The van der Waals surface area contributed by atoms with Crippen molar-refractivity contribution in [3.8, 4) is 5.75 Å². The molecule has 0 aliphatic heterocycles. The summed E-state index contributed by atoms with van der Waals surface area (Å²) in [5, 5.41) is 9.51. The minimum Gasteiger partial charge on any atom is -0.507 e. The summed E-state index contributed by atoms with van der Waals surface area (Å²) in [5.74, 6) is -1.99. The number of benzene rings is 2. The molecular weight excluding hydrogens is 271 g/mol. The number of rotatable bonds is 5. The Morgan fingerprint density at radius 2 is 1.81 bits per heavy atom. The van der Waals surface area contributed by atoms with Crippen LogP contribution in [0.25, 0.3) is 6.08 Å². The van der Waals surface area contributed by atoms with Gasteiger partial charge < -0.3 is 5.11 Å². The average molecular weight is 284 g/mol. The molecule has 0 aromatic heterocycles. The van der Waals surface area contributed by atoms with E-state index in [-0.39, 0.29) is 11.3 Å². The number of hydrogen-bond acceptors (Lipinski definition) is 3. The second kappa shape index (κ2) is 6.61. The minimum absolute atomic E-state index is 0.184. The van der Waals surface area contributed by atoms with Gasteiger partial charge in [0.15, 0.2) is 11.6 Å². The highest BCUT2D eigenvalue weighted by molar-refractivity contribution is 6.13. The molecule has 2 rings (SSSR count). The smallest absolute Gasteiger partial charge is 0.174 e. The SMILES string of the molecule is O=C(/C=C/c1ccccc1)CC(=O)c1cc(F)ccc1O. The van der Waals surface area contributed by atoms with E-state index in [0.717, 1.165) is 23.8 Å². The Bertz CT molecular complexity index is 690. The number of hydrogen-bond donors (Lipinski definition) is 1. The van der Waals surface area contributed by atoms with E-state index in [1.165, 1.54) is 6.08 Å². The van der Waals surface area contributed by atoms with Gasteiger partial charge in [-0.3, -0.25) is 9.59 Å². The fraction of sp³-hybridized carbons (Fsp3) is 0.0588. The number of phenols is 1. The molecule has 0 aliphatic rings. The number of ketones is 2. The molecule has 106 valence electrons. The van der Waals surface area contributed by atoms with Crippen LogP contribution in [0.4, 0.5) is 4.39 Å². The van der Waals surface area contributed by atoms with Gasteiger partial charge in [-0.05, 0) is 29.8 Å². The number of Topliss-reactive ketones (excluding diaryl/α,β-unsaturated/α-hetero) is 1. The first-order chi connectivity index (χ1) is 10.1. The van der Waals surface area contributed by atoms with E-state index < -0.39 is 23.8 Å². The largest absolute Gasteiger partial charge is 0.507 e. The third kappa shape index (κ3) is 4.11. The molecule has 0 saturated carbocycles. The maximum atomic E-state index is 13.1. The van der Waals surface area contributed by atoms with Crippen molar-refractivity contribution in [1.29, 1.82) is 0 Å². The van der Waals surface area contributed by atoms with Crippen molar-refractivity contribution in [2.75, 3.05) is 0 Å². The van der Waals surface area contributed by atoms with Crippen LogP contribution in [0.1, 0.15) is 22.3 Å². The molecule has 21 heavy (non-hydrogen) atoms. The third-order valence-corrected chi connectivity index (χ3v) is 2.86. The van der Waals surface area contributed by atoms with Gasteiger partial charge in [0, 0.05) is 0 Å². The van der Waals surface area contributed by atoms with Crippen LogP contribution >= 0.6 is 0 Å². The van der Waals surface area contributed by atoms with Crippen LogP contribution in [0.15, 0.2) is 54.6 Å². The molecule has 0 amide bonds. The first kappa shape index (κ1) is 14.7. The number of allylic oxidation sites excluding steroid dienone is 1. The highest BCUT2D eigenvalue weighted by atomic mass is 19.1. The predicted octanol–water partition coefficient (Wildman–Crippen LogP) is 3.39. The lowest BCUT2D eigenvalue weighted by Gasteiger charge is -2.02. The molecule has 1 N–H and O–H groups in total. The Balaban J connectivity index is 2.04. The van der Waals surface area contributed by atoms with Crippen molar-refractivity contribution in [2.24, 2.45) is 0 Å². The summed E-state index contributed by atoms with van der Waals surface area (Å²) >= 11 is 0. The molecule has 0 unspecified atom stereocenters. The monoisotopic (exact) mass is 284 g/mol. The van der Waals surface area contributed by atoms with Crippen LogP contribution in [-0.4, -0.2) is 16.7 Å². The maximum absolute atomic E-state index is 13.1. The Hall–Kier alpha value is -2.75. The molecule has 0 atom stereocenters. The first-order valence-corrected chi connectivity index (χ1v) is 6.34. The molecule has 0 fully saturated rings. The van der Waals surface area contributed by atoms with Crippen molar-refractivity contribution < 1.29 is 19.1 Å². The lowest BCUT2D eigenvalue weighted by atomic mass is 10.0. The molecule has 0 aliphatic carbocycles. The Kier molecular flexibility index (Phi) is 4.61. The third-order valence-electron chi connectivity index (χ3n) is 2.86. The Morgan fingerprint density at radius 1 is 1.10 bits per heavy atom. The maximum Gasteiger partial charge on any atom is 0.174 e.